The van der Waals surface area contributed by atoms with Gasteiger partial charge in [0.25, 0.3) is 0 Å². The van der Waals surface area contributed by atoms with Crippen LogP contribution in [0.3, 0.4) is 0 Å². The number of nitrogens with two attached hydrogens (primary N) is 1. The lowest BCUT2D eigenvalue weighted by Crippen LogP contribution is -2.45. The summed E-state index contributed by atoms with van der Waals surface area (Å²) in [7, 11) is 0. The Morgan fingerprint density at radius 1 is 1.29 bits per heavy atom. The molecule has 21 heavy (non-hydrogen) atoms. The van der Waals surface area contributed by atoms with Crippen molar-refractivity contribution < 1.29 is 4.74 Å². The summed E-state index contributed by atoms with van der Waals surface area (Å²) < 4.78 is 5.42. The second kappa shape index (κ2) is 8.29. The molecule has 1 heterocycles. The van der Waals surface area contributed by atoms with Crippen LogP contribution in [-0.2, 0) is 4.74 Å². The Bertz CT molecular complexity index is 391. The van der Waals surface area contributed by atoms with E-state index in [0.717, 1.165) is 45.6 Å². The van der Waals surface area contributed by atoms with Crippen LogP contribution in [-0.4, -0.2) is 55.3 Å². The van der Waals surface area contributed by atoms with Gasteiger partial charge in [-0.2, -0.15) is 0 Å². The topological polar surface area (TPSA) is 63.2 Å². The van der Waals surface area contributed by atoms with Crippen LogP contribution < -0.4 is 5.73 Å². The Kier molecular flexibility index (Phi) is 6.39. The molecule has 0 bridgehead atoms. The van der Waals surface area contributed by atoms with Gasteiger partial charge in [-0.3, -0.25) is 14.9 Å². The second-order valence-electron chi connectivity index (χ2n) is 5.79. The molecule has 1 aliphatic carbocycles. The average molecular weight is 292 g/mol. The number of aliphatic imine (C=N–C) groups is 2. The first-order valence-corrected chi connectivity index (χ1v) is 8.07. The van der Waals surface area contributed by atoms with Crippen LogP contribution in [0.5, 0.6) is 0 Å². The molecule has 2 fully saturated rings. The average Bonchev–Trinajstić information content (AvgIpc) is 2.54. The third-order valence-electron chi connectivity index (χ3n) is 4.28. The van der Waals surface area contributed by atoms with E-state index in [1.165, 1.54) is 12.8 Å². The number of ether oxygens (including phenoxy) is 1. The van der Waals surface area contributed by atoms with Gasteiger partial charge in [0.15, 0.2) is 0 Å². The van der Waals surface area contributed by atoms with Crippen molar-refractivity contribution in [3.63, 3.8) is 0 Å². The van der Waals surface area contributed by atoms with Crippen LogP contribution in [0.25, 0.3) is 0 Å². The molecule has 2 aliphatic rings. The van der Waals surface area contributed by atoms with Crippen molar-refractivity contribution in [3.05, 3.63) is 12.3 Å². The maximum Gasteiger partial charge on any atom is 0.144 e. The lowest BCUT2D eigenvalue weighted by Gasteiger charge is -2.38. The highest BCUT2D eigenvalue weighted by molar-refractivity contribution is 5.97. The fourth-order valence-corrected chi connectivity index (χ4v) is 3.03. The summed E-state index contributed by atoms with van der Waals surface area (Å²) in [6.07, 6.45) is 7.32. The zero-order valence-electron chi connectivity index (χ0n) is 13.1. The molecule has 0 radical (unpaired) electrons. The Balaban J connectivity index is 1.80. The minimum absolute atomic E-state index is 0.330. The first-order chi connectivity index (χ1) is 10.2. The molecule has 5 nitrogen and oxygen atoms in total. The van der Waals surface area contributed by atoms with E-state index in [0.29, 0.717) is 23.6 Å². The molecule has 118 valence electrons. The van der Waals surface area contributed by atoms with E-state index in [-0.39, 0.29) is 0 Å². The van der Waals surface area contributed by atoms with Gasteiger partial charge in [0.2, 0.25) is 0 Å². The molecule has 0 atom stereocenters. The van der Waals surface area contributed by atoms with Crippen molar-refractivity contribution in [2.45, 2.75) is 51.1 Å². The first-order valence-electron chi connectivity index (χ1n) is 8.07. The number of morpholine rings is 1. The van der Waals surface area contributed by atoms with E-state index in [1.807, 2.05) is 13.1 Å². The van der Waals surface area contributed by atoms with Gasteiger partial charge in [0.05, 0.1) is 25.0 Å². The van der Waals surface area contributed by atoms with E-state index < -0.39 is 0 Å². The van der Waals surface area contributed by atoms with Crippen LogP contribution in [0, 0.1) is 0 Å². The van der Waals surface area contributed by atoms with Crippen LogP contribution in [0.15, 0.2) is 22.3 Å². The molecule has 5 heteroatoms. The summed E-state index contributed by atoms with van der Waals surface area (Å²) in [4.78, 5) is 11.4. The molecule has 2 N–H and O–H groups in total. The Morgan fingerprint density at radius 3 is 2.57 bits per heavy atom. The van der Waals surface area contributed by atoms with Gasteiger partial charge >= 0.3 is 0 Å². The molecule has 0 aromatic carbocycles. The van der Waals surface area contributed by atoms with E-state index in [2.05, 4.69) is 21.5 Å². The molecule has 1 saturated heterocycles. The minimum Gasteiger partial charge on any atom is -0.382 e. The highest BCUT2D eigenvalue weighted by Gasteiger charge is 2.26. The summed E-state index contributed by atoms with van der Waals surface area (Å²) in [5.41, 5.74) is 6.57. The van der Waals surface area contributed by atoms with Gasteiger partial charge in [0, 0.05) is 25.3 Å². The lowest BCUT2D eigenvalue weighted by atomic mass is 9.90. The van der Waals surface area contributed by atoms with Gasteiger partial charge in [-0.25, -0.2) is 0 Å². The maximum atomic E-state index is 5.98. The van der Waals surface area contributed by atoms with E-state index in [4.69, 9.17) is 10.5 Å². The van der Waals surface area contributed by atoms with E-state index in [9.17, 15) is 0 Å². The van der Waals surface area contributed by atoms with Crippen molar-refractivity contribution in [1.82, 2.24) is 4.90 Å². The Labute approximate surface area is 128 Å². The second-order valence-corrected chi connectivity index (χ2v) is 5.79. The van der Waals surface area contributed by atoms with Gasteiger partial charge in [0.1, 0.15) is 5.84 Å². The number of rotatable bonds is 5. The van der Waals surface area contributed by atoms with Crippen molar-refractivity contribution in [3.8, 4) is 0 Å². The van der Waals surface area contributed by atoms with Gasteiger partial charge < -0.3 is 10.5 Å². The smallest absolute Gasteiger partial charge is 0.144 e. The Morgan fingerprint density at radius 2 is 1.95 bits per heavy atom. The summed E-state index contributed by atoms with van der Waals surface area (Å²) in [6.45, 7) is 9.80. The molecule has 0 unspecified atom stereocenters. The quantitative estimate of drug-likeness (QED) is 0.622. The van der Waals surface area contributed by atoms with Crippen LogP contribution in [0.2, 0.25) is 0 Å². The monoisotopic (exact) mass is 292 g/mol. The molecule has 1 saturated carbocycles. The standard InChI is InChI=1S/C16H28N4O/c1-3-8-18-13(2)16(17)19-14-4-6-15(7-5-14)20-9-11-21-12-10-20/h8,14-15H,2-7,9-12H2,1H3,(H2,17,19). The highest BCUT2D eigenvalue weighted by Crippen LogP contribution is 2.26. The SMILES string of the molecule is C=C(N=CCC)C(N)=NC1CCC(N2CCOCC2)CC1. The predicted octanol–water partition coefficient (Wildman–Crippen LogP) is 1.98. The zero-order chi connectivity index (χ0) is 15.1. The number of amidine groups is 1. The largest absolute Gasteiger partial charge is 0.382 e. The third-order valence-corrected chi connectivity index (χ3v) is 4.28. The fraction of sp³-hybridized carbons (Fsp3) is 0.750. The number of hydrogen-bond donors (Lipinski definition) is 1. The van der Waals surface area contributed by atoms with Gasteiger partial charge in [-0.05, 0) is 32.1 Å². The molecule has 2 rings (SSSR count). The molecule has 0 spiro atoms. The number of nitrogens with zero attached hydrogens (tertiary/aromatic N) is 3. The van der Waals surface area contributed by atoms with Crippen LogP contribution >= 0.6 is 0 Å². The van der Waals surface area contributed by atoms with Crippen molar-refractivity contribution in [1.29, 1.82) is 0 Å². The van der Waals surface area contributed by atoms with Gasteiger partial charge in [-0.1, -0.05) is 13.5 Å². The number of hydrogen-bond acceptors (Lipinski definition) is 4. The lowest BCUT2D eigenvalue weighted by molar-refractivity contribution is 0.00754. The summed E-state index contributed by atoms with van der Waals surface area (Å²) in [5, 5.41) is 0. The zero-order valence-corrected chi connectivity index (χ0v) is 13.1. The van der Waals surface area contributed by atoms with Crippen LogP contribution in [0.1, 0.15) is 39.0 Å². The van der Waals surface area contributed by atoms with E-state index >= 15 is 0 Å². The Hall–Kier alpha value is -1.20. The van der Waals surface area contributed by atoms with Crippen molar-refractivity contribution in [2.75, 3.05) is 26.3 Å². The summed E-state index contributed by atoms with van der Waals surface area (Å²) >= 11 is 0. The fourth-order valence-electron chi connectivity index (χ4n) is 3.03. The predicted molar refractivity (Wildman–Crippen MR) is 88.0 cm³/mol. The third kappa shape index (κ3) is 4.93. The highest BCUT2D eigenvalue weighted by atomic mass is 16.5. The molecule has 0 aromatic heterocycles. The van der Waals surface area contributed by atoms with Gasteiger partial charge in [-0.15, -0.1) is 0 Å². The molecular formula is C16H28N4O. The molecule has 0 aromatic rings. The molecule has 0 amide bonds. The van der Waals surface area contributed by atoms with Crippen LogP contribution in [0.4, 0.5) is 0 Å². The summed E-state index contributed by atoms with van der Waals surface area (Å²) in [5.74, 6) is 0.495. The minimum atomic E-state index is 0.330. The first kappa shape index (κ1) is 16.2. The molecular weight excluding hydrogens is 264 g/mol. The molecule has 1 aliphatic heterocycles. The maximum absolute atomic E-state index is 5.98. The van der Waals surface area contributed by atoms with E-state index in [1.54, 1.807) is 0 Å². The summed E-state index contributed by atoms with van der Waals surface area (Å²) in [6, 6.07) is 1.03. The normalized spacial score (nSPS) is 28.9. The van der Waals surface area contributed by atoms with Crippen molar-refractivity contribution >= 4 is 12.1 Å². The van der Waals surface area contributed by atoms with Crippen molar-refractivity contribution in [2.24, 2.45) is 15.7 Å².